The molecule has 0 aromatic carbocycles. The number of imidazole rings is 1. The summed E-state index contributed by atoms with van der Waals surface area (Å²) < 4.78 is 1.97. The lowest BCUT2D eigenvalue weighted by Crippen LogP contribution is -1.88. The van der Waals surface area contributed by atoms with Crippen LogP contribution in [0.4, 0.5) is 0 Å². The number of rotatable bonds is 1. The maximum absolute atomic E-state index is 11.1. The van der Waals surface area contributed by atoms with Gasteiger partial charge in [-0.1, -0.05) is 11.3 Å². The maximum Gasteiger partial charge on any atom is 0.194 e. The molecular formula is C9H10N2OS. The number of fused-ring (bicyclic) bond motifs is 1. The van der Waals surface area contributed by atoms with Crippen LogP contribution >= 0.6 is 11.3 Å². The van der Waals surface area contributed by atoms with Crippen molar-refractivity contribution in [3.63, 3.8) is 0 Å². The molecule has 13 heavy (non-hydrogen) atoms. The molecule has 0 amide bonds. The Morgan fingerprint density at radius 2 is 2.23 bits per heavy atom. The number of aromatic nitrogens is 2. The van der Waals surface area contributed by atoms with Crippen molar-refractivity contribution in [3.05, 3.63) is 22.5 Å². The molecule has 2 rings (SSSR count). The Morgan fingerprint density at radius 3 is 2.77 bits per heavy atom. The van der Waals surface area contributed by atoms with E-state index in [-0.39, 0.29) is 5.78 Å². The van der Waals surface area contributed by atoms with Crippen LogP contribution in [0.5, 0.6) is 0 Å². The smallest absolute Gasteiger partial charge is 0.194 e. The molecule has 0 aliphatic heterocycles. The van der Waals surface area contributed by atoms with E-state index in [1.165, 1.54) is 11.3 Å². The van der Waals surface area contributed by atoms with E-state index in [4.69, 9.17) is 0 Å². The minimum Gasteiger partial charge on any atom is -0.294 e. The monoisotopic (exact) mass is 194 g/mol. The third-order valence-corrected chi connectivity index (χ3v) is 3.23. The number of aryl methyl sites for hydroxylation is 2. The molecule has 0 saturated carbocycles. The van der Waals surface area contributed by atoms with Crippen LogP contribution in [0.1, 0.15) is 28.0 Å². The van der Waals surface area contributed by atoms with Gasteiger partial charge in [0.15, 0.2) is 10.7 Å². The molecule has 0 atom stereocenters. The van der Waals surface area contributed by atoms with Crippen molar-refractivity contribution in [3.8, 4) is 0 Å². The Bertz CT molecular complexity index is 481. The maximum atomic E-state index is 11.1. The molecule has 0 aliphatic carbocycles. The van der Waals surface area contributed by atoms with Crippen LogP contribution in [0.25, 0.3) is 4.96 Å². The molecule has 0 N–H and O–H groups in total. The highest BCUT2D eigenvalue weighted by Crippen LogP contribution is 2.20. The van der Waals surface area contributed by atoms with E-state index >= 15 is 0 Å². The number of ketones is 1. The summed E-state index contributed by atoms with van der Waals surface area (Å²) in [6, 6.07) is 0. The van der Waals surface area contributed by atoms with Gasteiger partial charge in [-0.2, -0.15) is 0 Å². The van der Waals surface area contributed by atoms with Gasteiger partial charge in [0.2, 0.25) is 0 Å². The molecule has 0 aliphatic rings. The minimum atomic E-state index is 0.104. The Morgan fingerprint density at radius 1 is 1.54 bits per heavy atom. The van der Waals surface area contributed by atoms with E-state index < -0.39 is 0 Å². The molecule has 68 valence electrons. The summed E-state index contributed by atoms with van der Waals surface area (Å²) in [5.41, 5.74) is 2.14. The van der Waals surface area contributed by atoms with Crippen LogP contribution in [-0.4, -0.2) is 15.2 Å². The van der Waals surface area contributed by atoms with Gasteiger partial charge in [-0.3, -0.25) is 9.20 Å². The van der Waals surface area contributed by atoms with Gasteiger partial charge in [0.25, 0.3) is 0 Å². The molecule has 0 unspecified atom stereocenters. The van der Waals surface area contributed by atoms with Crippen molar-refractivity contribution >= 4 is 22.1 Å². The van der Waals surface area contributed by atoms with Gasteiger partial charge in [-0.25, -0.2) is 4.98 Å². The zero-order valence-corrected chi connectivity index (χ0v) is 8.60. The predicted molar refractivity (Wildman–Crippen MR) is 52.5 cm³/mol. The summed E-state index contributed by atoms with van der Waals surface area (Å²) in [6.45, 7) is 5.56. The average Bonchev–Trinajstić information content (AvgIpc) is 2.55. The highest BCUT2D eigenvalue weighted by molar-refractivity contribution is 7.18. The summed E-state index contributed by atoms with van der Waals surface area (Å²) in [5.74, 6) is 0.104. The van der Waals surface area contributed by atoms with Gasteiger partial charge in [0, 0.05) is 18.8 Å². The molecule has 0 saturated heterocycles. The number of carbonyl (C=O) groups is 1. The predicted octanol–water partition coefficient (Wildman–Crippen LogP) is 2.22. The summed E-state index contributed by atoms with van der Waals surface area (Å²) in [7, 11) is 0. The Kier molecular flexibility index (Phi) is 1.73. The first-order valence-corrected chi connectivity index (χ1v) is 4.87. The van der Waals surface area contributed by atoms with Crippen LogP contribution in [0, 0.1) is 13.8 Å². The van der Waals surface area contributed by atoms with Gasteiger partial charge in [0.1, 0.15) is 0 Å². The molecular weight excluding hydrogens is 184 g/mol. The van der Waals surface area contributed by atoms with Gasteiger partial charge >= 0.3 is 0 Å². The van der Waals surface area contributed by atoms with E-state index in [2.05, 4.69) is 4.98 Å². The van der Waals surface area contributed by atoms with Crippen molar-refractivity contribution in [1.29, 1.82) is 0 Å². The van der Waals surface area contributed by atoms with E-state index in [0.29, 0.717) is 0 Å². The average molecular weight is 194 g/mol. The number of thiazole rings is 1. The number of nitrogens with zero attached hydrogens (tertiary/aromatic N) is 2. The zero-order chi connectivity index (χ0) is 9.59. The normalized spacial score (nSPS) is 11.0. The number of Topliss-reactive ketones (excluding diaryl/α,β-unsaturated/α-hetero) is 1. The lowest BCUT2D eigenvalue weighted by molar-refractivity contribution is 0.102. The first kappa shape index (κ1) is 8.44. The fourth-order valence-electron chi connectivity index (χ4n) is 1.22. The van der Waals surface area contributed by atoms with Crippen LogP contribution < -0.4 is 0 Å². The first-order valence-electron chi connectivity index (χ1n) is 4.05. The zero-order valence-electron chi connectivity index (χ0n) is 7.79. The molecule has 0 spiro atoms. The Labute approximate surface area is 80.0 Å². The van der Waals surface area contributed by atoms with Gasteiger partial charge < -0.3 is 0 Å². The van der Waals surface area contributed by atoms with Crippen LogP contribution in [-0.2, 0) is 0 Å². The molecule has 2 aromatic rings. The summed E-state index contributed by atoms with van der Waals surface area (Å²) in [6.07, 6.45) is 1.86. The van der Waals surface area contributed by atoms with Crippen molar-refractivity contribution in [2.75, 3.05) is 0 Å². The number of hydrogen-bond donors (Lipinski definition) is 0. The highest BCUT2D eigenvalue weighted by Gasteiger charge is 2.10. The summed E-state index contributed by atoms with van der Waals surface area (Å²) in [4.78, 5) is 17.1. The summed E-state index contributed by atoms with van der Waals surface area (Å²) >= 11 is 1.44. The molecule has 0 bridgehead atoms. The van der Waals surface area contributed by atoms with Crippen molar-refractivity contribution < 1.29 is 4.79 Å². The van der Waals surface area contributed by atoms with Crippen molar-refractivity contribution in [1.82, 2.24) is 9.38 Å². The highest BCUT2D eigenvalue weighted by atomic mass is 32.1. The SMILES string of the molecule is CC(=O)c1cn2c(C)c(C)nc2s1. The molecule has 0 radical (unpaired) electrons. The second-order valence-corrected chi connectivity index (χ2v) is 4.10. The second-order valence-electron chi connectivity index (χ2n) is 3.09. The second kappa shape index (κ2) is 2.67. The van der Waals surface area contributed by atoms with Gasteiger partial charge in [-0.05, 0) is 13.8 Å². The Hall–Kier alpha value is -1.16. The van der Waals surface area contributed by atoms with Gasteiger partial charge in [-0.15, -0.1) is 0 Å². The molecule has 4 heteroatoms. The fourth-order valence-corrected chi connectivity index (χ4v) is 2.19. The third kappa shape index (κ3) is 1.18. The third-order valence-electron chi connectivity index (χ3n) is 2.15. The van der Waals surface area contributed by atoms with Crippen molar-refractivity contribution in [2.24, 2.45) is 0 Å². The van der Waals surface area contributed by atoms with E-state index in [0.717, 1.165) is 21.2 Å². The van der Waals surface area contributed by atoms with E-state index in [1.807, 2.05) is 24.4 Å². The first-order chi connectivity index (χ1) is 6.09. The van der Waals surface area contributed by atoms with E-state index in [1.54, 1.807) is 6.92 Å². The van der Waals surface area contributed by atoms with Crippen molar-refractivity contribution in [2.45, 2.75) is 20.8 Å². The van der Waals surface area contributed by atoms with Gasteiger partial charge in [0.05, 0.1) is 10.6 Å². The largest absolute Gasteiger partial charge is 0.294 e. The minimum absolute atomic E-state index is 0.104. The molecule has 3 nitrogen and oxygen atoms in total. The molecule has 0 fully saturated rings. The Balaban J connectivity index is 2.72. The van der Waals surface area contributed by atoms with E-state index in [9.17, 15) is 4.79 Å². The number of hydrogen-bond acceptors (Lipinski definition) is 3. The molecule has 2 aromatic heterocycles. The lowest BCUT2D eigenvalue weighted by Gasteiger charge is -1.88. The lowest BCUT2D eigenvalue weighted by atomic mass is 10.4. The standard InChI is InChI=1S/C9H10N2OS/c1-5-6(2)11-4-8(7(3)12)13-9(11)10-5/h4H,1-3H3. The summed E-state index contributed by atoms with van der Waals surface area (Å²) in [5, 5.41) is 0. The van der Waals surface area contributed by atoms with Crippen LogP contribution in [0.2, 0.25) is 0 Å². The topological polar surface area (TPSA) is 34.4 Å². The van der Waals surface area contributed by atoms with Crippen LogP contribution in [0.15, 0.2) is 6.20 Å². The fraction of sp³-hybridized carbons (Fsp3) is 0.333. The number of carbonyl (C=O) groups excluding carboxylic acids is 1. The van der Waals surface area contributed by atoms with Crippen LogP contribution in [0.3, 0.4) is 0 Å². The quantitative estimate of drug-likeness (QED) is 0.652. The molecule has 2 heterocycles.